The predicted molar refractivity (Wildman–Crippen MR) is 104 cm³/mol. The molecule has 6 nitrogen and oxygen atoms in total. The highest BCUT2D eigenvalue weighted by atomic mass is 35.5. The molecule has 0 unspecified atom stereocenters. The lowest BCUT2D eigenvalue weighted by Crippen LogP contribution is -2.52. The predicted octanol–water partition coefficient (Wildman–Crippen LogP) is 2.94. The summed E-state index contributed by atoms with van der Waals surface area (Å²) in [6.45, 7) is 8.16. The average molecular weight is 381 g/mol. The highest BCUT2D eigenvalue weighted by Crippen LogP contribution is 2.21. The van der Waals surface area contributed by atoms with Crippen molar-refractivity contribution in [2.24, 2.45) is 11.8 Å². The maximum atomic E-state index is 12.2. The molecule has 2 N–H and O–H groups in total. The van der Waals surface area contributed by atoms with Gasteiger partial charge in [-0.25, -0.2) is 4.98 Å². The number of amides is 2. The molecule has 2 atom stereocenters. The number of hydrogen-bond acceptors (Lipinski definition) is 4. The topological polar surface area (TPSA) is 74.3 Å². The van der Waals surface area contributed by atoms with Gasteiger partial charge in [-0.15, -0.1) is 0 Å². The van der Waals surface area contributed by atoms with E-state index in [-0.39, 0.29) is 17.9 Å². The number of anilines is 1. The van der Waals surface area contributed by atoms with Gasteiger partial charge in [0.15, 0.2) is 0 Å². The first-order valence-corrected chi connectivity index (χ1v) is 9.68. The summed E-state index contributed by atoms with van der Waals surface area (Å²) in [5.41, 5.74) is 0. The second-order valence-corrected chi connectivity index (χ2v) is 7.81. The molecule has 2 heterocycles. The van der Waals surface area contributed by atoms with Crippen molar-refractivity contribution in [1.29, 1.82) is 0 Å². The van der Waals surface area contributed by atoms with Crippen molar-refractivity contribution < 1.29 is 9.59 Å². The Bertz CT molecular complexity index is 606. The van der Waals surface area contributed by atoms with Crippen LogP contribution in [0.5, 0.6) is 0 Å². The van der Waals surface area contributed by atoms with Crippen LogP contribution in [0.1, 0.15) is 40.0 Å². The fourth-order valence-corrected chi connectivity index (χ4v) is 3.44. The number of aromatic nitrogens is 1. The zero-order valence-corrected chi connectivity index (χ0v) is 16.6. The molecule has 1 aromatic rings. The lowest BCUT2D eigenvalue weighted by Gasteiger charge is -2.38. The van der Waals surface area contributed by atoms with Crippen LogP contribution < -0.4 is 10.6 Å². The van der Waals surface area contributed by atoms with E-state index in [0.29, 0.717) is 35.6 Å². The molecule has 0 bridgehead atoms. The number of pyridine rings is 1. The summed E-state index contributed by atoms with van der Waals surface area (Å²) in [5.74, 6) is 1.27. The molecule has 2 amide bonds. The zero-order valence-electron chi connectivity index (χ0n) is 15.8. The van der Waals surface area contributed by atoms with Gasteiger partial charge in [-0.1, -0.05) is 38.8 Å². The summed E-state index contributed by atoms with van der Waals surface area (Å²) >= 11 is 5.80. The molecule has 1 fully saturated rings. The third kappa shape index (κ3) is 6.57. The van der Waals surface area contributed by atoms with E-state index in [1.807, 2.05) is 13.8 Å². The molecule has 0 radical (unpaired) electrons. The van der Waals surface area contributed by atoms with Gasteiger partial charge in [0, 0.05) is 31.7 Å². The molecule has 1 saturated heterocycles. The van der Waals surface area contributed by atoms with Gasteiger partial charge < -0.3 is 10.6 Å². The van der Waals surface area contributed by atoms with E-state index in [1.165, 1.54) is 6.20 Å². The van der Waals surface area contributed by atoms with Crippen LogP contribution in [0.3, 0.4) is 0 Å². The monoisotopic (exact) mass is 380 g/mol. The number of hydrogen-bond donors (Lipinski definition) is 2. The first-order chi connectivity index (χ1) is 12.4. The van der Waals surface area contributed by atoms with Crippen molar-refractivity contribution in [2.45, 2.75) is 46.1 Å². The summed E-state index contributed by atoms with van der Waals surface area (Å²) in [7, 11) is 0. The van der Waals surface area contributed by atoms with Gasteiger partial charge in [-0.2, -0.15) is 0 Å². The van der Waals surface area contributed by atoms with Crippen molar-refractivity contribution >= 4 is 29.2 Å². The Balaban J connectivity index is 1.82. The van der Waals surface area contributed by atoms with Crippen LogP contribution in [0.15, 0.2) is 18.3 Å². The Labute approximate surface area is 160 Å². The molecule has 0 saturated carbocycles. The first kappa shape index (κ1) is 20.6. The summed E-state index contributed by atoms with van der Waals surface area (Å²) < 4.78 is 0. The van der Waals surface area contributed by atoms with Crippen LogP contribution in [0, 0.1) is 11.8 Å². The zero-order chi connectivity index (χ0) is 19.1. The van der Waals surface area contributed by atoms with E-state index < -0.39 is 0 Å². The highest BCUT2D eigenvalue weighted by molar-refractivity contribution is 6.30. The molecule has 7 heteroatoms. The van der Waals surface area contributed by atoms with Crippen LogP contribution in [0.2, 0.25) is 5.02 Å². The number of halogens is 1. The number of carbonyl (C=O) groups excluding carboxylic acids is 2. The molecule has 144 valence electrons. The maximum absolute atomic E-state index is 12.2. The summed E-state index contributed by atoms with van der Waals surface area (Å²) in [6, 6.07) is 3.58. The van der Waals surface area contributed by atoms with Crippen LogP contribution in [0.4, 0.5) is 5.82 Å². The number of likely N-dealkylation sites (tertiary alicyclic amines) is 1. The van der Waals surface area contributed by atoms with Gasteiger partial charge in [0.05, 0.1) is 11.6 Å². The van der Waals surface area contributed by atoms with Crippen molar-refractivity contribution in [3.63, 3.8) is 0 Å². The molecule has 2 rings (SSSR count). The maximum Gasteiger partial charge on any atom is 0.239 e. The number of nitrogens with one attached hydrogen (secondary N) is 2. The van der Waals surface area contributed by atoms with Crippen LogP contribution in [-0.2, 0) is 9.59 Å². The SMILES string of the molecule is CC[C@@H]1CN(CC(=O)Nc2ccc(Cl)cn2)CC[C@@H]1NC(=O)CC(C)C. The summed E-state index contributed by atoms with van der Waals surface area (Å²) in [5, 5.41) is 6.51. The lowest BCUT2D eigenvalue weighted by molar-refractivity contribution is -0.124. The van der Waals surface area contributed by atoms with Gasteiger partial charge in [0.1, 0.15) is 5.82 Å². The Morgan fingerprint density at radius 2 is 2.12 bits per heavy atom. The van der Waals surface area contributed by atoms with E-state index in [2.05, 4.69) is 27.4 Å². The van der Waals surface area contributed by atoms with E-state index in [1.54, 1.807) is 12.1 Å². The quantitative estimate of drug-likeness (QED) is 0.762. The second-order valence-electron chi connectivity index (χ2n) is 7.37. The van der Waals surface area contributed by atoms with Crippen LogP contribution in [-0.4, -0.2) is 47.4 Å². The Hall–Kier alpha value is -1.66. The fraction of sp³-hybridized carbons (Fsp3) is 0.632. The van der Waals surface area contributed by atoms with Crippen molar-refractivity contribution in [1.82, 2.24) is 15.2 Å². The summed E-state index contributed by atoms with van der Waals surface area (Å²) in [4.78, 5) is 30.5. The van der Waals surface area contributed by atoms with E-state index in [9.17, 15) is 9.59 Å². The molecule has 0 aliphatic carbocycles. The van der Waals surface area contributed by atoms with Crippen molar-refractivity contribution in [2.75, 3.05) is 25.0 Å². The minimum absolute atomic E-state index is 0.0861. The molecular weight excluding hydrogens is 352 g/mol. The normalized spacial score (nSPS) is 20.8. The van der Waals surface area contributed by atoms with Crippen molar-refractivity contribution in [3.8, 4) is 0 Å². The third-order valence-corrected chi connectivity index (χ3v) is 4.87. The van der Waals surface area contributed by atoms with Gasteiger partial charge in [0.2, 0.25) is 11.8 Å². The second kappa shape index (κ2) is 9.88. The fourth-order valence-electron chi connectivity index (χ4n) is 3.33. The molecule has 1 aliphatic heterocycles. The van der Waals surface area contributed by atoms with Gasteiger partial charge >= 0.3 is 0 Å². The number of carbonyl (C=O) groups is 2. The largest absolute Gasteiger partial charge is 0.353 e. The molecule has 0 aromatic carbocycles. The smallest absolute Gasteiger partial charge is 0.239 e. The van der Waals surface area contributed by atoms with Crippen LogP contribution >= 0.6 is 11.6 Å². The Morgan fingerprint density at radius 1 is 1.35 bits per heavy atom. The Morgan fingerprint density at radius 3 is 2.73 bits per heavy atom. The van der Waals surface area contributed by atoms with E-state index in [0.717, 1.165) is 25.9 Å². The number of piperidine rings is 1. The summed E-state index contributed by atoms with van der Waals surface area (Å²) in [6.07, 6.45) is 3.92. The molecular formula is C19H29ClN4O2. The standard InChI is InChI=1S/C19H29ClN4O2/c1-4-14-11-24(8-7-16(14)22-18(25)9-13(2)3)12-19(26)23-17-6-5-15(20)10-21-17/h5-6,10,13-14,16H,4,7-9,11-12H2,1-3H3,(H,22,25)(H,21,23,26)/t14-,16+/m1/s1. The third-order valence-electron chi connectivity index (χ3n) is 4.64. The highest BCUT2D eigenvalue weighted by Gasteiger charge is 2.30. The average Bonchev–Trinajstić information content (AvgIpc) is 2.57. The number of nitrogens with zero attached hydrogens (tertiary/aromatic N) is 2. The molecule has 26 heavy (non-hydrogen) atoms. The minimum atomic E-state index is -0.0861. The molecule has 1 aliphatic rings. The molecule has 0 spiro atoms. The number of rotatable bonds is 7. The van der Waals surface area contributed by atoms with Gasteiger partial charge in [-0.3, -0.25) is 14.5 Å². The first-order valence-electron chi connectivity index (χ1n) is 9.30. The lowest BCUT2D eigenvalue weighted by atomic mass is 9.89. The van der Waals surface area contributed by atoms with Gasteiger partial charge in [0.25, 0.3) is 0 Å². The Kier molecular flexibility index (Phi) is 7.85. The van der Waals surface area contributed by atoms with E-state index >= 15 is 0 Å². The van der Waals surface area contributed by atoms with Crippen LogP contribution in [0.25, 0.3) is 0 Å². The minimum Gasteiger partial charge on any atom is -0.353 e. The van der Waals surface area contributed by atoms with Gasteiger partial charge in [-0.05, 0) is 30.4 Å². The van der Waals surface area contributed by atoms with E-state index in [4.69, 9.17) is 11.6 Å². The van der Waals surface area contributed by atoms with Crippen molar-refractivity contribution in [3.05, 3.63) is 23.4 Å². The molecule has 1 aromatic heterocycles.